The molecule has 3 aromatic rings. The lowest BCUT2D eigenvalue weighted by molar-refractivity contribution is -0.278. The number of benzene rings is 2. The first-order valence-electron chi connectivity index (χ1n) is 10.5. The van der Waals surface area contributed by atoms with Gasteiger partial charge < -0.3 is 44.2 Å². The number of rotatable bonds is 6. The molecule has 184 valence electrons. The molecule has 35 heavy (non-hydrogen) atoms. The molecule has 2 heterocycles. The summed E-state index contributed by atoms with van der Waals surface area (Å²) in [6, 6.07) is 9.61. The monoisotopic (exact) mass is 486 g/mol. The predicted molar refractivity (Wildman–Crippen MR) is 120 cm³/mol. The van der Waals surface area contributed by atoms with Crippen molar-refractivity contribution in [2.75, 3.05) is 6.61 Å². The molecule has 0 bridgehead atoms. The van der Waals surface area contributed by atoms with E-state index in [2.05, 4.69) is 0 Å². The number of carbonyl (C=O) groups excluding carboxylic acids is 1. The fourth-order valence-corrected chi connectivity index (χ4v) is 3.49. The maximum Gasteiger partial charge on any atom is 0.330 e. The average molecular weight is 486 g/mol. The maximum absolute atomic E-state index is 12.0. The fraction of sp³-hybridized carbons (Fsp3) is 0.250. The number of fused-ring (bicyclic) bond motifs is 1. The normalized spacial score (nSPS) is 24.5. The van der Waals surface area contributed by atoms with Crippen LogP contribution in [-0.4, -0.2) is 68.8 Å². The summed E-state index contributed by atoms with van der Waals surface area (Å²) in [7, 11) is 0. The first-order chi connectivity index (χ1) is 16.7. The van der Waals surface area contributed by atoms with E-state index in [1.165, 1.54) is 24.3 Å². The van der Waals surface area contributed by atoms with Crippen LogP contribution in [0.4, 0.5) is 0 Å². The predicted octanol–water partition coefficient (Wildman–Crippen LogP) is 0.647. The topological polar surface area (TPSA) is 176 Å². The standard InChI is InChI=1S/C24H22O11/c25-13-4-1-12(2-5-13)3-6-19(28)33-11-18-21(29)22(30)23(31)24(35-18)34-14-9-16(27)20-15(26)7-8-32-17(20)10-14/h1-10,18,21-25,27,29-31H,11H2. The van der Waals surface area contributed by atoms with Crippen molar-refractivity contribution in [2.24, 2.45) is 0 Å². The Labute approximate surface area is 197 Å². The van der Waals surface area contributed by atoms with Crippen molar-refractivity contribution in [1.82, 2.24) is 0 Å². The number of hydrogen-bond acceptors (Lipinski definition) is 11. The number of carbonyl (C=O) groups is 1. The third-order valence-corrected chi connectivity index (χ3v) is 5.33. The minimum atomic E-state index is -1.70. The van der Waals surface area contributed by atoms with Gasteiger partial charge in [-0.3, -0.25) is 4.79 Å². The summed E-state index contributed by atoms with van der Waals surface area (Å²) in [5, 5.41) is 50.1. The molecule has 1 aliphatic rings. The molecule has 4 rings (SSSR count). The van der Waals surface area contributed by atoms with E-state index in [0.29, 0.717) is 5.56 Å². The van der Waals surface area contributed by atoms with E-state index >= 15 is 0 Å². The molecule has 0 amide bonds. The minimum absolute atomic E-state index is 0.0179. The molecule has 1 aromatic heterocycles. The van der Waals surface area contributed by atoms with Crippen molar-refractivity contribution >= 4 is 23.0 Å². The van der Waals surface area contributed by atoms with Gasteiger partial charge >= 0.3 is 5.97 Å². The van der Waals surface area contributed by atoms with Gasteiger partial charge in [0.25, 0.3) is 0 Å². The van der Waals surface area contributed by atoms with Crippen LogP contribution in [0.5, 0.6) is 17.2 Å². The Hall–Kier alpha value is -3.90. The second-order valence-electron chi connectivity index (χ2n) is 7.79. The van der Waals surface area contributed by atoms with Gasteiger partial charge in [-0.25, -0.2) is 4.79 Å². The Morgan fingerprint density at radius 3 is 2.49 bits per heavy atom. The molecule has 0 spiro atoms. The highest BCUT2D eigenvalue weighted by atomic mass is 16.7. The van der Waals surface area contributed by atoms with Crippen molar-refractivity contribution in [3.63, 3.8) is 0 Å². The molecular formula is C24H22O11. The van der Waals surface area contributed by atoms with Crippen molar-refractivity contribution in [2.45, 2.75) is 30.7 Å². The van der Waals surface area contributed by atoms with E-state index in [0.717, 1.165) is 24.5 Å². The average Bonchev–Trinajstić information content (AvgIpc) is 2.83. The number of aromatic hydroxyl groups is 2. The lowest BCUT2D eigenvalue weighted by Gasteiger charge is -2.39. The van der Waals surface area contributed by atoms with E-state index in [4.69, 9.17) is 18.6 Å². The largest absolute Gasteiger partial charge is 0.508 e. The Kier molecular flexibility index (Phi) is 7.03. The minimum Gasteiger partial charge on any atom is -0.508 e. The Morgan fingerprint density at radius 1 is 1.00 bits per heavy atom. The second-order valence-corrected chi connectivity index (χ2v) is 7.79. The summed E-state index contributed by atoms with van der Waals surface area (Å²) in [6.07, 6.45) is -4.03. The van der Waals surface area contributed by atoms with E-state index in [1.54, 1.807) is 12.1 Å². The van der Waals surface area contributed by atoms with Crippen LogP contribution in [0.1, 0.15) is 5.56 Å². The van der Waals surface area contributed by atoms with Crippen LogP contribution in [-0.2, 0) is 14.3 Å². The molecule has 1 aliphatic heterocycles. The molecule has 5 unspecified atom stereocenters. The molecule has 0 aliphatic carbocycles. The van der Waals surface area contributed by atoms with Crippen LogP contribution >= 0.6 is 0 Å². The molecule has 2 aromatic carbocycles. The van der Waals surface area contributed by atoms with Crippen LogP contribution < -0.4 is 10.2 Å². The molecule has 0 radical (unpaired) electrons. The van der Waals surface area contributed by atoms with Crippen LogP contribution in [0.3, 0.4) is 0 Å². The Morgan fingerprint density at radius 2 is 1.74 bits per heavy atom. The lowest BCUT2D eigenvalue weighted by atomic mass is 9.99. The maximum atomic E-state index is 12.0. The van der Waals surface area contributed by atoms with Gasteiger partial charge in [0.05, 0.1) is 6.26 Å². The molecule has 11 nitrogen and oxygen atoms in total. The van der Waals surface area contributed by atoms with Gasteiger partial charge in [0.1, 0.15) is 59.2 Å². The smallest absolute Gasteiger partial charge is 0.330 e. The SMILES string of the molecule is O=C(C=Cc1ccc(O)cc1)OCC1OC(Oc2cc(O)c3c(=O)ccoc3c2)C(O)C(O)C1O. The van der Waals surface area contributed by atoms with Gasteiger partial charge in [-0.05, 0) is 23.8 Å². The van der Waals surface area contributed by atoms with Gasteiger partial charge in [-0.15, -0.1) is 0 Å². The van der Waals surface area contributed by atoms with Crippen LogP contribution in [0.2, 0.25) is 0 Å². The first-order valence-corrected chi connectivity index (χ1v) is 10.5. The van der Waals surface area contributed by atoms with Gasteiger partial charge in [-0.2, -0.15) is 0 Å². The number of phenols is 2. The number of hydrogen-bond donors (Lipinski definition) is 5. The van der Waals surface area contributed by atoms with Gasteiger partial charge in [0.2, 0.25) is 6.29 Å². The summed E-state index contributed by atoms with van der Waals surface area (Å²) < 4.78 is 21.3. The summed E-state index contributed by atoms with van der Waals surface area (Å²) in [5.41, 5.74) is 0.184. The highest BCUT2D eigenvalue weighted by Gasteiger charge is 2.45. The van der Waals surface area contributed by atoms with Gasteiger partial charge in [0, 0.05) is 24.3 Å². The Balaban J connectivity index is 1.42. The molecular weight excluding hydrogens is 464 g/mol. The molecule has 11 heteroatoms. The van der Waals surface area contributed by atoms with E-state index < -0.39 is 54.5 Å². The summed E-state index contributed by atoms with van der Waals surface area (Å²) >= 11 is 0. The van der Waals surface area contributed by atoms with Crippen molar-refractivity contribution in [3.05, 3.63) is 70.6 Å². The van der Waals surface area contributed by atoms with Gasteiger partial charge in [-0.1, -0.05) is 12.1 Å². The highest BCUT2D eigenvalue weighted by Crippen LogP contribution is 2.31. The van der Waals surface area contributed by atoms with E-state index in [-0.39, 0.29) is 22.5 Å². The summed E-state index contributed by atoms with van der Waals surface area (Å²) in [5.74, 6) is -1.16. The van der Waals surface area contributed by atoms with Crippen molar-refractivity contribution < 1.29 is 49.0 Å². The second kappa shape index (κ2) is 10.2. The van der Waals surface area contributed by atoms with Gasteiger partial charge in [0.15, 0.2) is 5.43 Å². The van der Waals surface area contributed by atoms with Crippen molar-refractivity contribution in [3.8, 4) is 17.2 Å². The quantitative estimate of drug-likeness (QED) is 0.244. The third-order valence-electron chi connectivity index (χ3n) is 5.33. The third kappa shape index (κ3) is 5.44. The zero-order valence-electron chi connectivity index (χ0n) is 18.1. The molecule has 0 saturated carbocycles. The van der Waals surface area contributed by atoms with E-state index in [9.17, 15) is 35.1 Å². The first kappa shape index (κ1) is 24.2. The number of phenolic OH excluding ortho intramolecular Hbond substituents is 2. The molecule has 1 fully saturated rings. The summed E-state index contributed by atoms with van der Waals surface area (Å²) in [6.45, 7) is -0.471. The number of aliphatic hydroxyl groups is 3. The number of esters is 1. The van der Waals surface area contributed by atoms with Crippen LogP contribution in [0, 0.1) is 0 Å². The van der Waals surface area contributed by atoms with Crippen LogP contribution in [0.25, 0.3) is 17.0 Å². The molecule has 5 atom stereocenters. The Bertz CT molecular complexity index is 1280. The lowest BCUT2D eigenvalue weighted by Crippen LogP contribution is -2.60. The zero-order valence-corrected chi connectivity index (χ0v) is 18.1. The molecule has 1 saturated heterocycles. The van der Waals surface area contributed by atoms with E-state index in [1.807, 2.05) is 0 Å². The fourth-order valence-electron chi connectivity index (χ4n) is 3.49. The summed E-state index contributed by atoms with van der Waals surface area (Å²) in [4.78, 5) is 23.9. The highest BCUT2D eigenvalue weighted by molar-refractivity contribution is 5.87. The molecule has 5 N–H and O–H groups in total. The van der Waals surface area contributed by atoms with Crippen molar-refractivity contribution in [1.29, 1.82) is 0 Å². The number of ether oxygens (including phenoxy) is 3. The zero-order chi connectivity index (χ0) is 25.1. The number of aliphatic hydroxyl groups excluding tert-OH is 3. The van der Waals surface area contributed by atoms with Crippen LogP contribution in [0.15, 0.2) is 64.0 Å².